The molecule has 0 bridgehead atoms. The summed E-state index contributed by atoms with van der Waals surface area (Å²) >= 11 is 5.82. The van der Waals surface area contributed by atoms with Gasteiger partial charge in [0.25, 0.3) is 0 Å². The number of hydrogen-bond donors (Lipinski definition) is 2. The van der Waals surface area contributed by atoms with E-state index in [4.69, 9.17) is 11.6 Å². The lowest BCUT2D eigenvalue weighted by Crippen LogP contribution is -2.38. The van der Waals surface area contributed by atoms with E-state index in [2.05, 4.69) is 10.6 Å². The summed E-state index contributed by atoms with van der Waals surface area (Å²) in [4.78, 5) is 24.7. The summed E-state index contributed by atoms with van der Waals surface area (Å²) in [7, 11) is 0. The van der Waals surface area contributed by atoms with Gasteiger partial charge in [-0.15, -0.1) is 0 Å². The lowest BCUT2D eigenvalue weighted by Gasteiger charge is -2.19. The fourth-order valence-electron chi connectivity index (χ4n) is 2.57. The molecule has 2 amide bonds. The van der Waals surface area contributed by atoms with Crippen molar-refractivity contribution in [1.29, 1.82) is 0 Å². The van der Waals surface area contributed by atoms with Crippen molar-refractivity contribution in [3.63, 3.8) is 0 Å². The van der Waals surface area contributed by atoms with E-state index in [1.807, 2.05) is 60.7 Å². The number of rotatable bonds is 4. The minimum Gasteiger partial charge on any atom is -0.337 e. The molecule has 0 heterocycles. The monoisotopic (exact) mass is 364 g/mol. The highest BCUT2D eigenvalue weighted by Gasteiger charge is 2.21. The van der Waals surface area contributed by atoms with E-state index < -0.39 is 17.9 Å². The summed E-state index contributed by atoms with van der Waals surface area (Å²) in [5, 5.41) is 5.93. The van der Waals surface area contributed by atoms with Crippen molar-refractivity contribution in [3.8, 4) is 0 Å². The smallest absolute Gasteiger partial charge is 0.313 e. The second-order valence-electron chi connectivity index (χ2n) is 5.69. The Morgan fingerprint density at radius 3 is 1.69 bits per heavy atom. The van der Waals surface area contributed by atoms with E-state index in [1.54, 1.807) is 24.3 Å². The quantitative estimate of drug-likeness (QED) is 0.682. The van der Waals surface area contributed by atoms with E-state index in [1.165, 1.54) is 0 Å². The maximum absolute atomic E-state index is 12.4. The second-order valence-corrected chi connectivity index (χ2v) is 6.13. The van der Waals surface area contributed by atoms with Crippen LogP contribution in [0.3, 0.4) is 0 Å². The summed E-state index contributed by atoms with van der Waals surface area (Å²) in [5.74, 6) is -1.44. The van der Waals surface area contributed by atoms with Crippen molar-refractivity contribution in [2.45, 2.75) is 6.04 Å². The molecule has 26 heavy (non-hydrogen) atoms. The number of halogens is 1. The average molecular weight is 365 g/mol. The highest BCUT2D eigenvalue weighted by Crippen LogP contribution is 2.21. The third-order valence-electron chi connectivity index (χ3n) is 3.85. The Morgan fingerprint density at radius 2 is 1.19 bits per heavy atom. The van der Waals surface area contributed by atoms with Crippen LogP contribution in [0.4, 0.5) is 5.69 Å². The van der Waals surface area contributed by atoms with E-state index in [-0.39, 0.29) is 0 Å². The Kier molecular flexibility index (Phi) is 5.66. The van der Waals surface area contributed by atoms with Crippen LogP contribution in [0.25, 0.3) is 0 Å². The van der Waals surface area contributed by atoms with E-state index in [9.17, 15) is 9.59 Å². The predicted molar refractivity (Wildman–Crippen MR) is 103 cm³/mol. The molecule has 0 aromatic heterocycles. The van der Waals surface area contributed by atoms with Gasteiger partial charge in [0, 0.05) is 10.7 Å². The molecule has 3 rings (SSSR count). The van der Waals surface area contributed by atoms with Crippen LogP contribution in [0.15, 0.2) is 84.9 Å². The third-order valence-corrected chi connectivity index (χ3v) is 4.10. The number of nitrogens with one attached hydrogen (secondary N) is 2. The SMILES string of the molecule is O=C(Nc1ccc(Cl)cc1)C(=O)NC(c1ccccc1)c1ccccc1. The molecule has 0 spiro atoms. The molecule has 0 fully saturated rings. The van der Waals surface area contributed by atoms with Gasteiger partial charge in [-0.2, -0.15) is 0 Å². The fraction of sp³-hybridized carbons (Fsp3) is 0.0476. The van der Waals surface area contributed by atoms with Crippen molar-refractivity contribution in [1.82, 2.24) is 5.32 Å². The zero-order valence-corrected chi connectivity index (χ0v) is 14.6. The lowest BCUT2D eigenvalue weighted by molar-refractivity contribution is -0.136. The summed E-state index contributed by atoms with van der Waals surface area (Å²) < 4.78 is 0. The van der Waals surface area contributed by atoms with Gasteiger partial charge in [-0.1, -0.05) is 72.3 Å². The van der Waals surface area contributed by atoms with Gasteiger partial charge >= 0.3 is 11.8 Å². The Morgan fingerprint density at radius 1 is 0.692 bits per heavy atom. The first kappa shape index (κ1) is 17.7. The molecule has 4 nitrogen and oxygen atoms in total. The minimum absolute atomic E-state index is 0.416. The Balaban J connectivity index is 1.77. The van der Waals surface area contributed by atoms with Crippen molar-refractivity contribution in [2.24, 2.45) is 0 Å². The fourth-order valence-corrected chi connectivity index (χ4v) is 2.69. The van der Waals surface area contributed by atoms with Gasteiger partial charge in [0.2, 0.25) is 0 Å². The third kappa shape index (κ3) is 4.49. The van der Waals surface area contributed by atoms with Crippen LogP contribution in [-0.2, 0) is 9.59 Å². The van der Waals surface area contributed by atoms with Gasteiger partial charge in [0.15, 0.2) is 0 Å². The Labute approximate surface area is 156 Å². The molecule has 0 saturated carbocycles. The number of carbonyl (C=O) groups is 2. The highest BCUT2D eigenvalue weighted by molar-refractivity contribution is 6.39. The number of anilines is 1. The molecule has 0 aliphatic carbocycles. The summed E-state index contributed by atoms with van der Waals surface area (Å²) in [6.45, 7) is 0. The molecule has 0 atom stereocenters. The van der Waals surface area contributed by atoms with E-state index in [0.29, 0.717) is 10.7 Å². The standard InChI is InChI=1S/C21H17ClN2O2/c22-17-11-13-18(14-12-17)23-20(25)21(26)24-19(15-7-3-1-4-8-15)16-9-5-2-6-10-16/h1-14,19H,(H,23,25)(H,24,26). The van der Waals surface area contributed by atoms with Crippen molar-refractivity contribution < 1.29 is 9.59 Å². The van der Waals surface area contributed by atoms with Gasteiger partial charge in [-0.25, -0.2) is 0 Å². The Hall–Kier alpha value is -3.11. The number of carbonyl (C=O) groups excluding carboxylic acids is 2. The van der Waals surface area contributed by atoms with E-state index in [0.717, 1.165) is 11.1 Å². The first-order valence-corrected chi connectivity index (χ1v) is 8.48. The molecule has 0 aliphatic heterocycles. The molecular weight excluding hydrogens is 348 g/mol. The number of hydrogen-bond acceptors (Lipinski definition) is 2. The van der Waals surface area contributed by atoms with Crippen LogP contribution in [-0.4, -0.2) is 11.8 Å². The van der Waals surface area contributed by atoms with Gasteiger partial charge in [-0.3, -0.25) is 9.59 Å². The highest BCUT2D eigenvalue weighted by atomic mass is 35.5. The van der Waals surface area contributed by atoms with Crippen molar-refractivity contribution in [3.05, 3.63) is 101 Å². The minimum atomic E-state index is -0.732. The van der Waals surface area contributed by atoms with E-state index >= 15 is 0 Å². The molecule has 3 aromatic rings. The zero-order valence-electron chi connectivity index (χ0n) is 13.9. The lowest BCUT2D eigenvalue weighted by atomic mass is 9.99. The topological polar surface area (TPSA) is 58.2 Å². The van der Waals surface area contributed by atoms with Crippen LogP contribution in [0.5, 0.6) is 0 Å². The first-order valence-electron chi connectivity index (χ1n) is 8.11. The maximum Gasteiger partial charge on any atom is 0.313 e. The molecule has 0 aliphatic rings. The summed E-state index contributed by atoms with van der Waals surface area (Å²) in [5.41, 5.74) is 2.29. The molecule has 5 heteroatoms. The Bertz CT molecular complexity index is 841. The number of benzene rings is 3. The largest absolute Gasteiger partial charge is 0.337 e. The molecule has 130 valence electrons. The first-order chi connectivity index (χ1) is 12.6. The van der Waals surface area contributed by atoms with Crippen LogP contribution >= 0.6 is 11.6 Å². The van der Waals surface area contributed by atoms with Crippen LogP contribution in [0.1, 0.15) is 17.2 Å². The number of amides is 2. The van der Waals surface area contributed by atoms with Gasteiger partial charge in [0.05, 0.1) is 6.04 Å². The maximum atomic E-state index is 12.4. The molecule has 2 N–H and O–H groups in total. The molecule has 0 unspecified atom stereocenters. The summed E-state index contributed by atoms with van der Waals surface area (Å²) in [6.07, 6.45) is 0. The molecule has 0 radical (unpaired) electrons. The molecular formula is C21H17ClN2O2. The van der Waals surface area contributed by atoms with Crippen LogP contribution < -0.4 is 10.6 Å². The van der Waals surface area contributed by atoms with Crippen molar-refractivity contribution in [2.75, 3.05) is 5.32 Å². The van der Waals surface area contributed by atoms with Crippen LogP contribution in [0.2, 0.25) is 5.02 Å². The average Bonchev–Trinajstić information content (AvgIpc) is 2.69. The van der Waals surface area contributed by atoms with Gasteiger partial charge < -0.3 is 10.6 Å². The second kappa shape index (κ2) is 8.32. The van der Waals surface area contributed by atoms with Crippen molar-refractivity contribution >= 4 is 29.1 Å². The van der Waals surface area contributed by atoms with Gasteiger partial charge in [0.1, 0.15) is 0 Å². The predicted octanol–water partition coefficient (Wildman–Crippen LogP) is 4.18. The van der Waals surface area contributed by atoms with Gasteiger partial charge in [-0.05, 0) is 35.4 Å². The molecule has 3 aromatic carbocycles. The summed E-state index contributed by atoms with van der Waals surface area (Å²) in [6, 6.07) is 25.2. The van der Waals surface area contributed by atoms with Crippen LogP contribution in [0, 0.1) is 0 Å². The molecule has 0 saturated heterocycles. The normalized spacial score (nSPS) is 10.4. The zero-order chi connectivity index (χ0) is 18.4.